The lowest BCUT2D eigenvalue weighted by molar-refractivity contribution is 0.352. The molecule has 0 spiro atoms. The molecule has 0 amide bonds. The summed E-state index contributed by atoms with van der Waals surface area (Å²) in [5.74, 6) is 0. The van der Waals surface area contributed by atoms with Crippen molar-refractivity contribution in [3.05, 3.63) is 102 Å². The SMILES string of the molecule is CN(C)N1CC(Cc2ccccc2)(c2ccccc2)c2ccccc21.Cl. The maximum atomic E-state index is 2.39. The van der Waals surface area contributed by atoms with Crippen molar-refractivity contribution in [2.75, 3.05) is 25.6 Å². The summed E-state index contributed by atoms with van der Waals surface area (Å²) in [6.07, 6.45) is 0.999. The van der Waals surface area contributed by atoms with Crippen LogP contribution in [0.2, 0.25) is 0 Å². The average molecular weight is 365 g/mol. The Bertz CT molecular complexity index is 848. The first-order valence-corrected chi connectivity index (χ1v) is 8.84. The maximum Gasteiger partial charge on any atom is 0.0564 e. The summed E-state index contributed by atoms with van der Waals surface area (Å²) in [6.45, 7) is 0.957. The molecular formula is C23H25ClN2. The third kappa shape index (κ3) is 3.11. The van der Waals surface area contributed by atoms with Crippen LogP contribution < -0.4 is 5.01 Å². The topological polar surface area (TPSA) is 6.48 Å². The summed E-state index contributed by atoms with van der Waals surface area (Å²) in [4.78, 5) is 0. The molecule has 0 saturated heterocycles. The molecule has 2 nitrogen and oxygen atoms in total. The van der Waals surface area contributed by atoms with E-state index in [-0.39, 0.29) is 17.8 Å². The molecule has 0 aliphatic carbocycles. The monoisotopic (exact) mass is 364 g/mol. The van der Waals surface area contributed by atoms with E-state index in [0.717, 1.165) is 13.0 Å². The van der Waals surface area contributed by atoms with Crippen LogP contribution in [-0.4, -0.2) is 25.6 Å². The lowest BCUT2D eigenvalue weighted by atomic mass is 9.72. The highest BCUT2D eigenvalue weighted by Gasteiger charge is 2.44. The van der Waals surface area contributed by atoms with Gasteiger partial charge in [-0.1, -0.05) is 78.9 Å². The Morgan fingerprint density at radius 2 is 1.38 bits per heavy atom. The van der Waals surface area contributed by atoms with Crippen LogP contribution in [0.3, 0.4) is 0 Å². The van der Waals surface area contributed by atoms with Gasteiger partial charge in [-0.15, -0.1) is 12.4 Å². The van der Waals surface area contributed by atoms with Gasteiger partial charge >= 0.3 is 0 Å². The zero-order valence-electron chi connectivity index (χ0n) is 15.3. The molecule has 1 unspecified atom stereocenters. The van der Waals surface area contributed by atoms with Crippen LogP contribution in [-0.2, 0) is 11.8 Å². The molecule has 3 aromatic carbocycles. The molecule has 1 aliphatic rings. The van der Waals surface area contributed by atoms with E-state index in [1.165, 1.54) is 22.4 Å². The van der Waals surface area contributed by atoms with Gasteiger partial charge in [0, 0.05) is 26.1 Å². The lowest BCUT2D eigenvalue weighted by Gasteiger charge is -2.33. The molecular weight excluding hydrogens is 340 g/mol. The number of fused-ring (bicyclic) bond motifs is 1. The van der Waals surface area contributed by atoms with E-state index in [4.69, 9.17) is 0 Å². The van der Waals surface area contributed by atoms with Crippen molar-refractivity contribution >= 4 is 18.1 Å². The van der Waals surface area contributed by atoms with Gasteiger partial charge in [0.15, 0.2) is 0 Å². The molecule has 0 radical (unpaired) electrons. The van der Waals surface area contributed by atoms with Crippen LogP contribution in [0.5, 0.6) is 0 Å². The van der Waals surface area contributed by atoms with E-state index in [9.17, 15) is 0 Å². The van der Waals surface area contributed by atoms with Crippen molar-refractivity contribution in [2.24, 2.45) is 0 Å². The van der Waals surface area contributed by atoms with E-state index in [1.54, 1.807) is 0 Å². The van der Waals surface area contributed by atoms with Gasteiger partial charge in [-0.2, -0.15) is 0 Å². The molecule has 3 heteroatoms. The summed E-state index contributed by atoms with van der Waals surface area (Å²) in [6, 6.07) is 30.7. The molecule has 0 N–H and O–H groups in total. The minimum Gasteiger partial charge on any atom is -0.305 e. The Morgan fingerprint density at radius 3 is 2.04 bits per heavy atom. The summed E-state index contributed by atoms with van der Waals surface area (Å²) in [5.41, 5.74) is 5.45. The third-order valence-electron chi connectivity index (χ3n) is 5.28. The van der Waals surface area contributed by atoms with Gasteiger partial charge in [0.05, 0.1) is 5.69 Å². The highest BCUT2D eigenvalue weighted by Crippen LogP contribution is 2.47. The third-order valence-corrected chi connectivity index (χ3v) is 5.28. The fourth-order valence-electron chi connectivity index (χ4n) is 4.09. The molecule has 1 atom stereocenters. The summed E-state index contributed by atoms with van der Waals surface area (Å²) < 4.78 is 0. The first-order chi connectivity index (χ1) is 12.2. The molecule has 0 aromatic heterocycles. The van der Waals surface area contributed by atoms with Crippen molar-refractivity contribution in [3.8, 4) is 0 Å². The Kier molecular flexibility index (Phi) is 5.36. The average Bonchev–Trinajstić information content (AvgIpc) is 2.99. The van der Waals surface area contributed by atoms with Gasteiger partial charge in [0.2, 0.25) is 0 Å². The largest absolute Gasteiger partial charge is 0.305 e. The van der Waals surface area contributed by atoms with E-state index < -0.39 is 0 Å². The Hall–Kier alpha value is -2.29. The maximum absolute atomic E-state index is 2.39. The molecule has 3 aromatic rings. The first-order valence-electron chi connectivity index (χ1n) is 8.84. The van der Waals surface area contributed by atoms with Crippen LogP contribution in [0.1, 0.15) is 16.7 Å². The van der Waals surface area contributed by atoms with Gasteiger partial charge in [-0.25, -0.2) is 5.01 Å². The molecule has 134 valence electrons. The van der Waals surface area contributed by atoms with Crippen LogP contribution in [0.25, 0.3) is 0 Å². The number of para-hydroxylation sites is 1. The van der Waals surface area contributed by atoms with Gasteiger partial charge < -0.3 is 5.01 Å². The predicted octanol–water partition coefficient (Wildman–Crippen LogP) is 4.93. The highest BCUT2D eigenvalue weighted by atomic mass is 35.5. The lowest BCUT2D eigenvalue weighted by Crippen LogP contribution is -2.42. The number of hydrogen-bond donors (Lipinski definition) is 0. The minimum atomic E-state index is -0.0382. The normalized spacial score (nSPS) is 18.5. The van der Waals surface area contributed by atoms with Crippen molar-refractivity contribution in [1.29, 1.82) is 0 Å². The number of anilines is 1. The standard InChI is InChI=1S/C23H24N2.ClH/c1-24(2)25-18-23(20-13-7-4-8-14-20,17-19-11-5-3-6-12-19)21-15-9-10-16-22(21)25;/h3-16H,17-18H2,1-2H3;1H. The first kappa shape index (κ1) is 18.5. The fraction of sp³-hybridized carbons (Fsp3) is 0.217. The molecule has 26 heavy (non-hydrogen) atoms. The Labute approximate surface area is 162 Å². The Balaban J connectivity index is 0.00000196. The zero-order chi connectivity index (χ0) is 17.3. The molecule has 0 saturated carbocycles. The predicted molar refractivity (Wildman–Crippen MR) is 112 cm³/mol. The van der Waals surface area contributed by atoms with Gasteiger partial charge in [0.1, 0.15) is 0 Å². The summed E-state index contributed by atoms with van der Waals surface area (Å²) >= 11 is 0. The number of rotatable bonds is 4. The van der Waals surface area contributed by atoms with E-state index in [2.05, 4.69) is 109 Å². The second kappa shape index (κ2) is 7.53. The van der Waals surface area contributed by atoms with Crippen molar-refractivity contribution in [1.82, 2.24) is 5.01 Å². The van der Waals surface area contributed by atoms with E-state index in [0.29, 0.717) is 0 Å². The van der Waals surface area contributed by atoms with Crippen LogP contribution >= 0.6 is 12.4 Å². The van der Waals surface area contributed by atoms with E-state index in [1.807, 2.05) is 0 Å². The van der Waals surface area contributed by atoms with Gasteiger partial charge in [-0.05, 0) is 29.2 Å². The summed E-state index contributed by atoms with van der Waals surface area (Å²) in [7, 11) is 4.25. The van der Waals surface area contributed by atoms with Crippen LogP contribution in [0.4, 0.5) is 5.69 Å². The summed E-state index contributed by atoms with van der Waals surface area (Å²) in [5, 5.41) is 4.60. The number of benzene rings is 3. The van der Waals surface area contributed by atoms with Gasteiger partial charge in [0.25, 0.3) is 0 Å². The molecule has 1 aliphatic heterocycles. The van der Waals surface area contributed by atoms with Crippen molar-refractivity contribution < 1.29 is 0 Å². The second-order valence-electron chi connectivity index (χ2n) is 7.03. The van der Waals surface area contributed by atoms with Crippen LogP contribution in [0.15, 0.2) is 84.9 Å². The number of nitrogens with zero attached hydrogens (tertiary/aromatic N) is 2. The minimum absolute atomic E-state index is 0. The molecule has 4 rings (SSSR count). The smallest absolute Gasteiger partial charge is 0.0564 e. The quantitative estimate of drug-likeness (QED) is 0.647. The second-order valence-corrected chi connectivity index (χ2v) is 7.03. The molecule has 0 fully saturated rings. The van der Waals surface area contributed by atoms with Crippen molar-refractivity contribution in [2.45, 2.75) is 11.8 Å². The number of hydrogen-bond acceptors (Lipinski definition) is 2. The molecule has 1 heterocycles. The fourth-order valence-corrected chi connectivity index (χ4v) is 4.09. The van der Waals surface area contributed by atoms with Crippen molar-refractivity contribution in [3.63, 3.8) is 0 Å². The zero-order valence-corrected chi connectivity index (χ0v) is 16.1. The van der Waals surface area contributed by atoms with Crippen LogP contribution in [0, 0.1) is 0 Å². The Morgan fingerprint density at radius 1 is 0.808 bits per heavy atom. The van der Waals surface area contributed by atoms with Gasteiger partial charge in [-0.3, -0.25) is 0 Å². The molecule has 0 bridgehead atoms. The number of halogens is 1. The van der Waals surface area contributed by atoms with E-state index >= 15 is 0 Å². The highest BCUT2D eigenvalue weighted by molar-refractivity contribution is 5.85. The number of hydrazine groups is 1.